The molecule has 0 spiro atoms. The number of nitrogens with one attached hydrogen (secondary N) is 2. The molecule has 1 fully saturated rings. The summed E-state index contributed by atoms with van der Waals surface area (Å²) in [6.45, 7) is 3.12. The van der Waals surface area contributed by atoms with Crippen LogP contribution in [0, 0.1) is 10.1 Å². The summed E-state index contributed by atoms with van der Waals surface area (Å²) in [5.74, 6) is -0.0201. The topological polar surface area (TPSA) is 107 Å². The van der Waals surface area contributed by atoms with E-state index >= 15 is 0 Å². The van der Waals surface area contributed by atoms with Gasteiger partial charge in [0.15, 0.2) is 0 Å². The number of H-pyrrole nitrogens is 1. The van der Waals surface area contributed by atoms with Crippen molar-refractivity contribution in [2.24, 2.45) is 0 Å². The first kappa shape index (κ1) is 12.5. The number of hydrazine groups is 1. The van der Waals surface area contributed by atoms with E-state index in [-0.39, 0.29) is 5.82 Å². The van der Waals surface area contributed by atoms with Crippen LogP contribution >= 0.6 is 0 Å². The molecule has 9 nitrogen and oxygen atoms in total. The predicted octanol–water partition coefficient (Wildman–Crippen LogP) is -0.748. The molecule has 2 rings (SSSR count). The molecule has 18 heavy (non-hydrogen) atoms. The third-order valence-corrected chi connectivity index (χ3v) is 2.78. The first-order valence-electron chi connectivity index (χ1n) is 5.50. The number of likely N-dealkylation sites (N-methyl/N-ethyl adjacent to an activating group) is 1. The Balaban J connectivity index is 2.16. The predicted molar refractivity (Wildman–Crippen MR) is 64.2 cm³/mol. The van der Waals surface area contributed by atoms with Crippen molar-refractivity contribution in [3.05, 3.63) is 26.8 Å². The van der Waals surface area contributed by atoms with Gasteiger partial charge in [-0.3, -0.25) is 20.3 Å². The van der Waals surface area contributed by atoms with E-state index in [4.69, 9.17) is 0 Å². The van der Waals surface area contributed by atoms with Crippen LogP contribution in [0.1, 0.15) is 0 Å². The van der Waals surface area contributed by atoms with E-state index in [0.29, 0.717) is 13.1 Å². The molecule has 0 radical (unpaired) electrons. The Morgan fingerprint density at radius 2 is 2.11 bits per heavy atom. The zero-order valence-corrected chi connectivity index (χ0v) is 9.92. The molecular formula is C9H14N6O3. The average Bonchev–Trinajstić information content (AvgIpc) is 2.32. The fourth-order valence-corrected chi connectivity index (χ4v) is 1.71. The van der Waals surface area contributed by atoms with Crippen LogP contribution in [-0.2, 0) is 0 Å². The Bertz CT molecular complexity index is 493. The Hall–Kier alpha value is -2.00. The Labute approximate surface area is 103 Å². The highest BCUT2D eigenvalue weighted by atomic mass is 16.6. The molecule has 0 bridgehead atoms. The average molecular weight is 254 g/mol. The van der Waals surface area contributed by atoms with Crippen LogP contribution in [0.2, 0.25) is 0 Å². The summed E-state index contributed by atoms with van der Waals surface area (Å²) in [7, 11) is 2.01. The van der Waals surface area contributed by atoms with Crippen LogP contribution in [0.25, 0.3) is 0 Å². The monoisotopic (exact) mass is 254 g/mol. The van der Waals surface area contributed by atoms with Gasteiger partial charge in [-0.15, -0.1) is 0 Å². The molecule has 0 atom stereocenters. The number of rotatable bonds is 3. The maximum Gasteiger partial charge on any atom is 0.377 e. The molecule has 2 heterocycles. The van der Waals surface area contributed by atoms with Crippen molar-refractivity contribution in [2.45, 2.75) is 0 Å². The largest absolute Gasteiger partial charge is 0.377 e. The van der Waals surface area contributed by atoms with Gasteiger partial charge >= 0.3 is 11.2 Å². The van der Waals surface area contributed by atoms with E-state index in [1.54, 1.807) is 0 Å². The van der Waals surface area contributed by atoms with Crippen molar-refractivity contribution in [3.63, 3.8) is 0 Å². The van der Waals surface area contributed by atoms with Gasteiger partial charge in [0.05, 0.1) is 11.3 Å². The molecule has 1 aromatic rings. The lowest BCUT2D eigenvalue weighted by Crippen LogP contribution is -2.47. The Kier molecular flexibility index (Phi) is 3.53. The van der Waals surface area contributed by atoms with Crippen molar-refractivity contribution in [3.8, 4) is 0 Å². The minimum absolute atomic E-state index is 0.0201. The SMILES string of the molecule is CN1CCN(Nc2nc[nH]c(=O)c2[N+](=O)[O-])CC1. The summed E-state index contributed by atoms with van der Waals surface area (Å²) < 4.78 is 0. The van der Waals surface area contributed by atoms with Crippen LogP contribution < -0.4 is 11.0 Å². The van der Waals surface area contributed by atoms with Crippen molar-refractivity contribution >= 4 is 11.5 Å². The first-order chi connectivity index (χ1) is 8.58. The molecule has 0 saturated carbocycles. The number of piperazine rings is 1. The number of hydrogen-bond acceptors (Lipinski definition) is 7. The van der Waals surface area contributed by atoms with Crippen molar-refractivity contribution < 1.29 is 4.92 Å². The molecule has 1 aliphatic heterocycles. The second kappa shape index (κ2) is 5.10. The van der Waals surface area contributed by atoms with E-state index in [0.717, 1.165) is 19.4 Å². The lowest BCUT2D eigenvalue weighted by molar-refractivity contribution is -0.385. The van der Waals surface area contributed by atoms with Crippen molar-refractivity contribution in [1.29, 1.82) is 0 Å². The fourth-order valence-electron chi connectivity index (χ4n) is 1.71. The molecule has 1 aliphatic rings. The third-order valence-electron chi connectivity index (χ3n) is 2.78. The Morgan fingerprint density at radius 3 is 2.72 bits per heavy atom. The van der Waals surface area contributed by atoms with Gasteiger partial charge in [-0.1, -0.05) is 0 Å². The van der Waals surface area contributed by atoms with Gasteiger partial charge in [0.1, 0.15) is 0 Å². The van der Waals surface area contributed by atoms with Gasteiger partial charge in [0, 0.05) is 26.2 Å². The molecule has 2 N–H and O–H groups in total. The van der Waals surface area contributed by atoms with E-state index in [9.17, 15) is 14.9 Å². The summed E-state index contributed by atoms with van der Waals surface area (Å²) >= 11 is 0. The molecule has 0 amide bonds. The Morgan fingerprint density at radius 1 is 1.44 bits per heavy atom. The maximum atomic E-state index is 11.4. The number of aromatic nitrogens is 2. The third kappa shape index (κ3) is 2.63. The van der Waals surface area contributed by atoms with Gasteiger partial charge in [0.2, 0.25) is 5.82 Å². The molecule has 98 valence electrons. The zero-order valence-electron chi connectivity index (χ0n) is 9.92. The van der Waals surface area contributed by atoms with Crippen LogP contribution in [-0.4, -0.2) is 58.0 Å². The van der Waals surface area contributed by atoms with Gasteiger partial charge < -0.3 is 9.88 Å². The molecule has 0 aliphatic carbocycles. The van der Waals surface area contributed by atoms with E-state index in [1.165, 1.54) is 0 Å². The van der Waals surface area contributed by atoms with Gasteiger partial charge in [-0.25, -0.2) is 9.99 Å². The number of nitrogens with zero attached hydrogens (tertiary/aromatic N) is 4. The van der Waals surface area contributed by atoms with Crippen LogP contribution in [0.5, 0.6) is 0 Å². The van der Waals surface area contributed by atoms with Crippen LogP contribution in [0.4, 0.5) is 11.5 Å². The normalized spacial score (nSPS) is 17.6. The summed E-state index contributed by atoms with van der Waals surface area (Å²) in [6, 6.07) is 0. The summed E-state index contributed by atoms with van der Waals surface area (Å²) in [5.41, 5.74) is 1.51. The molecule has 0 aromatic carbocycles. The lowest BCUT2D eigenvalue weighted by Gasteiger charge is -2.32. The molecule has 1 saturated heterocycles. The highest BCUT2D eigenvalue weighted by molar-refractivity contribution is 5.52. The quantitative estimate of drug-likeness (QED) is 0.540. The molecule has 0 unspecified atom stereocenters. The van der Waals surface area contributed by atoms with E-state index in [1.807, 2.05) is 12.1 Å². The minimum Gasteiger partial charge on any atom is -0.307 e. The molecule has 9 heteroatoms. The summed E-state index contributed by atoms with van der Waals surface area (Å²) in [4.78, 5) is 29.6. The van der Waals surface area contributed by atoms with Gasteiger partial charge in [-0.05, 0) is 7.05 Å². The highest BCUT2D eigenvalue weighted by Crippen LogP contribution is 2.16. The number of nitro groups is 1. The van der Waals surface area contributed by atoms with Gasteiger partial charge in [-0.2, -0.15) is 0 Å². The van der Waals surface area contributed by atoms with Crippen LogP contribution in [0.15, 0.2) is 11.1 Å². The fraction of sp³-hybridized carbons (Fsp3) is 0.556. The lowest BCUT2D eigenvalue weighted by atomic mass is 10.4. The number of aromatic amines is 1. The van der Waals surface area contributed by atoms with E-state index < -0.39 is 16.2 Å². The number of anilines is 1. The van der Waals surface area contributed by atoms with E-state index in [2.05, 4.69) is 20.3 Å². The minimum atomic E-state index is -0.758. The van der Waals surface area contributed by atoms with Gasteiger partial charge in [0.25, 0.3) is 0 Å². The second-order valence-electron chi connectivity index (χ2n) is 4.09. The first-order valence-corrected chi connectivity index (χ1v) is 5.50. The second-order valence-corrected chi connectivity index (χ2v) is 4.09. The molecule has 1 aromatic heterocycles. The van der Waals surface area contributed by atoms with Crippen molar-refractivity contribution in [2.75, 3.05) is 38.7 Å². The van der Waals surface area contributed by atoms with Crippen molar-refractivity contribution in [1.82, 2.24) is 19.9 Å². The highest BCUT2D eigenvalue weighted by Gasteiger charge is 2.23. The standard InChI is InChI=1S/C9H14N6O3/c1-13-2-4-14(5-3-13)12-8-7(15(17)18)9(16)11-6-10-8/h6H,2-5H2,1H3,(H2,10,11,12,16). The smallest absolute Gasteiger partial charge is 0.307 e. The molecular weight excluding hydrogens is 240 g/mol. The zero-order chi connectivity index (χ0) is 13.1. The number of hydrogen-bond donors (Lipinski definition) is 2. The summed E-state index contributed by atoms with van der Waals surface area (Å²) in [6.07, 6.45) is 1.15. The summed E-state index contributed by atoms with van der Waals surface area (Å²) in [5, 5.41) is 12.6. The van der Waals surface area contributed by atoms with Crippen LogP contribution in [0.3, 0.4) is 0 Å². The maximum absolute atomic E-state index is 11.4.